The zero-order valence-corrected chi connectivity index (χ0v) is 15.9. The van der Waals surface area contributed by atoms with Crippen LogP contribution in [0.3, 0.4) is 0 Å². The van der Waals surface area contributed by atoms with Crippen molar-refractivity contribution in [1.82, 2.24) is 14.2 Å². The van der Waals surface area contributed by atoms with Crippen LogP contribution in [0.1, 0.15) is 25.3 Å². The highest BCUT2D eigenvalue weighted by molar-refractivity contribution is 7.89. The zero-order chi connectivity index (χ0) is 18.2. The van der Waals surface area contributed by atoms with Gasteiger partial charge in [0.1, 0.15) is 0 Å². The Morgan fingerprint density at radius 3 is 2.38 bits per heavy atom. The predicted octanol–water partition coefficient (Wildman–Crippen LogP) is 2.51. The van der Waals surface area contributed by atoms with E-state index in [0.717, 1.165) is 19.6 Å². The average molecular weight is 372 g/mol. The number of pyridine rings is 1. The maximum Gasteiger partial charge on any atom is 0.243 e. The van der Waals surface area contributed by atoms with Gasteiger partial charge < -0.3 is 0 Å². The number of nitrogens with zero attached hydrogens (tertiary/aromatic N) is 3. The maximum absolute atomic E-state index is 12.9. The van der Waals surface area contributed by atoms with Crippen LogP contribution in [-0.4, -0.2) is 54.8 Å². The summed E-state index contributed by atoms with van der Waals surface area (Å²) in [5.74, 6) is 0. The van der Waals surface area contributed by atoms with Crippen molar-refractivity contribution in [3.05, 3.63) is 60.4 Å². The van der Waals surface area contributed by atoms with Gasteiger partial charge in [-0.1, -0.05) is 18.2 Å². The van der Waals surface area contributed by atoms with Crippen LogP contribution in [0.4, 0.5) is 0 Å². The quantitative estimate of drug-likeness (QED) is 0.810. The molecule has 0 bridgehead atoms. The summed E-state index contributed by atoms with van der Waals surface area (Å²) in [6.45, 7) is 5.12. The molecular weight excluding hydrogens is 346 g/mol. The second kappa shape index (κ2) is 6.76. The van der Waals surface area contributed by atoms with E-state index in [1.165, 1.54) is 18.4 Å². The van der Waals surface area contributed by atoms with Crippen molar-refractivity contribution < 1.29 is 8.42 Å². The molecular formula is C20H25N3O2S. The summed E-state index contributed by atoms with van der Waals surface area (Å²) in [6.07, 6.45) is 6.13. The molecule has 1 aliphatic carbocycles. The van der Waals surface area contributed by atoms with Gasteiger partial charge in [0.15, 0.2) is 0 Å². The molecule has 2 heterocycles. The van der Waals surface area contributed by atoms with Gasteiger partial charge in [-0.3, -0.25) is 9.88 Å². The number of aromatic nitrogens is 1. The first kappa shape index (κ1) is 17.6. The first-order valence-electron chi connectivity index (χ1n) is 9.21. The van der Waals surface area contributed by atoms with E-state index >= 15 is 0 Å². The summed E-state index contributed by atoms with van der Waals surface area (Å²) in [7, 11) is -3.42. The summed E-state index contributed by atoms with van der Waals surface area (Å²) in [6, 6.07) is 13.0. The number of benzene rings is 1. The van der Waals surface area contributed by atoms with E-state index in [4.69, 9.17) is 0 Å². The van der Waals surface area contributed by atoms with Crippen molar-refractivity contribution in [2.24, 2.45) is 0 Å². The molecule has 6 heteroatoms. The van der Waals surface area contributed by atoms with Crippen molar-refractivity contribution >= 4 is 10.0 Å². The SMILES string of the molecule is CC1CN(CC2(c3ccncc3)CC2)CCN1S(=O)(=O)c1ccccc1. The Balaban J connectivity index is 1.45. The summed E-state index contributed by atoms with van der Waals surface area (Å²) >= 11 is 0. The van der Waals surface area contributed by atoms with E-state index in [-0.39, 0.29) is 11.5 Å². The van der Waals surface area contributed by atoms with E-state index in [0.29, 0.717) is 11.4 Å². The summed E-state index contributed by atoms with van der Waals surface area (Å²) in [5.41, 5.74) is 1.60. The van der Waals surface area contributed by atoms with Crippen LogP contribution >= 0.6 is 0 Å². The molecule has 4 rings (SSSR count). The molecule has 1 saturated heterocycles. The highest BCUT2D eigenvalue weighted by Crippen LogP contribution is 2.48. The van der Waals surface area contributed by atoms with Crippen LogP contribution in [0.5, 0.6) is 0 Å². The van der Waals surface area contributed by atoms with Crippen molar-refractivity contribution in [2.75, 3.05) is 26.2 Å². The molecule has 2 aliphatic rings. The molecule has 0 N–H and O–H groups in total. The van der Waals surface area contributed by atoms with Gasteiger partial charge in [-0.25, -0.2) is 8.42 Å². The van der Waals surface area contributed by atoms with Crippen LogP contribution in [0.25, 0.3) is 0 Å². The third kappa shape index (κ3) is 3.29. The molecule has 2 fully saturated rings. The standard InChI is InChI=1S/C20H25N3O2S/c1-17-15-22(16-20(9-10-20)18-7-11-21-12-8-18)13-14-23(17)26(24,25)19-5-3-2-4-6-19/h2-8,11-12,17H,9-10,13-16H2,1H3. The molecule has 1 aromatic heterocycles. The Bertz CT molecular complexity index is 851. The molecule has 26 heavy (non-hydrogen) atoms. The Kier molecular flexibility index (Phi) is 4.59. The number of rotatable bonds is 5. The maximum atomic E-state index is 12.9. The van der Waals surface area contributed by atoms with Crippen LogP contribution in [0.15, 0.2) is 59.8 Å². The highest BCUT2D eigenvalue weighted by atomic mass is 32.2. The molecule has 2 aromatic rings. The lowest BCUT2D eigenvalue weighted by Gasteiger charge is -2.40. The molecule has 0 radical (unpaired) electrons. The Morgan fingerprint density at radius 1 is 1.08 bits per heavy atom. The summed E-state index contributed by atoms with van der Waals surface area (Å²) in [5, 5.41) is 0. The van der Waals surface area contributed by atoms with Gasteiger partial charge in [0.2, 0.25) is 10.0 Å². The van der Waals surface area contributed by atoms with Gasteiger partial charge in [0, 0.05) is 50.0 Å². The first-order chi connectivity index (χ1) is 12.5. The van der Waals surface area contributed by atoms with Crippen LogP contribution in [0.2, 0.25) is 0 Å². The molecule has 1 atom stereocenters. The third-order valence-electron chi connectivity index (χ3n) is 5.67. The molecule has 1 aliphatic heterocycles. The molecule has 1 unspecified atom stereocenters. The largest absolute Gasteiger partial charge is 0.300 e. The molecule has 138 valence electrons. The van der Waals surface area contributed by atoms with E-state index < -0.39 is 10.0 Å². The Labute approximate surface area is 155 Å². The van der Waals surface area contributed by atoms with Crippen molar-refractivity contribution in [2.45, 2.75) is 36.1 Å². The van der Waals surface area contributed by atoms with Gasteiger partial charge in [0.05, 0.1) is 4.90 Å². The lowest BCUT2D eigenvalue weighted by Crippen LogP contribution is -2.55. The summed E-state index contributed by atoms with van der Waals surface area (Å²) < 4.78 is 27.5. The van der Waals surface area contributed by atoms with E-state index in [2.05, 4.69) is 22.0 Å². The number of piperazine rings is 1. The molecule has 0 amide bonds. The van der Waals surface area contributed by atoms with Gasteiger partial charge in [-0.05, 0) is 49.6 Å². The number of sulfonamides is 1. The van der Waals surface area contributed by atoms with Gasteiger partial charge >= 0.3 is 0 Å². The minimum absolute atomic E-state index is 0.0257. The van der Waals surface area contributed by atoms with Crippen LogP contribution < -0.4 is 0 Å². The molecule has 1 saturated carbocycles. The second-order valence-corrected chi connectivity index (χ2v) is 9.42. The molecule has 1 aromatic carbocycles. The van der Waals surface area contributed by atoms with Gasteiger partial charge in [0.25, 0.3) is 0 Å². The normalized spacial score (nSPS) is 23.7. The van der Waals surface area contributed by atoms with Crippen LogP contribution in [-0.2, 0) is 15.4 Å². The lowest BCUT2D eigenvalue weighted by atomic mass is 9.96. The third-order valence-corrected chi connectivity index (χ3v) is 7.70. The smallest absolute Gasteiger partial charge is 0.243 e. The van der Waals surface area contributed by atoms with Crippen molar-refractivity contribution in [3.8, 4) is 0 Å². The van der Waals surface area contributed by atoms with Crippen LogP contribution in [0, 0.1) is 0 Å². The fourth-order valence-electron chi connectivity index (χ4n) is 4.07. The zero-order valence-electron chi connectivity index (χ0n) is 15.1. The number of hydrogen-bond acceptors (Lipinski definition) is 4. The molecule has 5 nitrogen and oxygen atoms in total. The number of hydrogen-bond donors (Lipinski definition) is 0. The van der Waals surface area contributed by atoms with Crippen molar-refractivity contribution in [1.29, 1.82) is 0 Å². The Morgan fingerprint density at radius 2 is 1.77 bits per heavy atom. The van der Waals surface area contributed by atoms with Crippen molar-refractivity contribution in [3.63, 3.8) is 0 Å². The Hall–Kier alpha value is -1.76. The fraction of sp³-hybridized carbons (Fsp3) is 0.450. The van der Waals surface area contributed by atoms with Gasteiger partial charge in [-0.2, -0.15) is 4.31 Å². The van der Waals surface area contributed by atoms with E-state index in [1.807, 2.05) is 25.4 Å². The monoisotopic (exact) mass is 371 g/mol. The van der Waals surface area contributed by atoms with Gasteiger partial charge in [-0.15, -0.1) is 0 Å². The molecule has 0 spiro atoms. The van der Waals surface area contributed by atoms with E-state index in [1.54, 1.807) is 28.6 Å². The second-order valence-electron chi connectivity index (χ2n) is 7.53. The average Bonchev–Trinajstić information content (AvgIpc) is 3.44. The highest BCUT2D eigenvalue weighted by Gasteiger charge is 2.46. The topological polar surface area (TPSA) is 53.5 Å². The lowest BCUT2D eigenvalue weighted by molar-refractivity contribution is 0.134. The minimum Gasteiger partial charge on any atom is -0.300 e. The summed E-state index contributed by atoms with van der Waals surface area (Å²) in [4.78, 5) is 6.93. The minimum atomic E-state index is -3.42. The van der Waals surface area contributed by atoms with E-state index in [9.17, 15) is 8.42 Å². The predicted molar refractivity (Wildman–Crippen MR) is 101 cm³/mol. The first-order valence-corrected chi connectivity index (χ1v) is 10.7. The fourth-order valence-corrected chi connectivity index (χ4v) is 5.70.